The molecule has 11 heteroatoms. The Morgan fingerprint density at radius 2 is 1.92 bits per heavy atom. The van der Waals surface area contributed by atoms with Crippen LogP contribution in [0.15, 0.2) is 71.9 Å². The number of urea groups is 1. The fourth-order valence-electron chi connectivity index (χ4n) is 4.75. The molecule has 2 amide bonds. The number of nitrogens with one attached hydrogen (secondary N) is 4. The van der Waals surface area contributed by atoms with E-state index in [2.05, 4.69) is 25.6 Å². The minimum atomic E-state index is -0.638. The van der Waals surface area contributed by atoms with Crippen molar-refractivity contribution in [1.29, 1.82) is 0 Å². The summed E-state index contributed by atoms with van der Waals surface area (Å²) in [6, 6.07) is 16.2. The number of fused-ring (bicyclic) bond motifs is 2. The third kappa shape index (κ3) is 5.43. The number of H-pyrrole nitrogens is 1. The monoisotopic (exact) mass is 526 g/mol. The number of aromatic amines is 1. The zero-order chi connectivity index (χ0) is 27.2. The van der Waals surface area contributed by atoms with Gasteiger partial charge in [-0.05, 0) is 55.5 Å². The van der Waals surface area contributed by atoms with Gasteiger partial charge in [-0.15, -0.1) is 0 Å². The van der Waals surface area contributed by atoms with Crippen LogP contribution in [0.2, 0.25) is 0 Å². The van der Waals surface area contributed by atoms with E-state index in [0.29, 0.717) is 48.4 Å². The highest BCUT2D eigenvalue weighted by molar-refractivity contribution is 5.85. The lowest BCUT2D eigenvalue weighted by atomic mass is 10.0. The number of aryl methyl sites for hydroxylation is 1. The second-order valence-corrected chi connectivity index (χ2v) is 9.15. The Bertz CT molecular complexity index is 1650. The molecule has 0 radical (unpaired) electrons. The van der Waals surface area contributed by atoms with Gasteiger partial charge in [0.1, 0.15) is 11.3 Å². The number of hydrogen-bond donors (Lipinski definition) is 5. The van der Waals surface area contributed by atoms with E-state index >= 15 is 0 Å². The summed E-state index contributed by atoms with van der Waals surface area (Å²) in [4.78, 5) is 42.4. The maximum atomic E-state index is 14.2. The molecule has 11 nitrogen and oxygen atoms in total. The van der Waals surface area contributed by atoms with Crippen molar-refractivity contribution in [3.63, 3.8) is 0 Å². The zero-order valence-corrected chi connectivity index (χ0v) is 21.5. The van der Waals surface area contributed by atoms with Crippen molar-refractivity contribution in [1.82, 2.24) is 35.3 Å². The number of pyridine rings is 1. The number of hydrogen-bond acceptors (Lipinski definition) is 7. The summed E-state index contributed by atoms with van der Waals surface area (Å²) in [7, 11) is 0. The first-order chi connectivity index (χ1) is 19.1. The summed E-state index contributed by atoms with van der Waals surface area (Å²) in [5.74, 6) is 1.21. The number of hydroxylamine groups is 1. The molecule has 39 heavy (non-hydrogen) atoms. The summed E-state index contributed by atoms with van der Waals surface area (Å²) in [5.41, 5.74) is 5.26. The minimum absolute atomic E-state index is 0.138. The summed E-state index contributed by atoms with van der Waals surface area (Å²) in [6.07, 6.45) is 6.08. The largest absolute Gasteiger partial charge is 0.358 e. The van der Waals surface area contributed by atoms with Crippen molar-refractivity contribution < 1.29 is 10.0 Å². The van der Waals surface area contributed by atoms with E-state index in [9.17, 15) is 9.59 Å². The quantitative estimate of drug-likeness (QED) is 0.104. The van der Waals surface area contributed by atoms with E-state index < -0.39 is 6.03 Å². The number of amides is 2. The number of para-hydroxylation sites is 1. The number of aromatic nitrogens is 5. The van der Waals surface area contributed by atoms with Gasteiger partial charge in [-0.25, -0.2) is 25.2 Å². The Morgan fingerprint density at radius 1 is 1.08 bits per heavy atom. The van der Waals surface area contributed by atoms with E-state index in [1.165, 1.54) is 0 Å². The highest BCUT2D eigenvalue weighted by Gasteiger charge is 2.22. The normalized spacial score (nSPS) is 11.9. The maximum Gasteiger partial charge on any atom is 0.338 e. The summed E-state index contributed by atoms with van der Waals surface area (Å²) in [5, 5.41) is 15.2. The number of unbranched alkanes of at least 4 members (excludes halogenated alkanes) is 1. The molecule has 0 unspecified atom stereocenters. The van der Waals surface area contributed by atoms with E-state index in [1.54, 1.807) is 22.6 Å². The Kier molecular flexibility index (Phi) is 7.78. The number of imidazole rings is 1. The molecule has 5 N–H and O–H groups in total. The third-order valence-corrected chi connectivity index (χ3v) is 6.65. The Morgan fingerprint density at radius 3 is 2.72 bits per heavy atom. The molecule has 5 aromatic rings. The van der Waals surface area contributed by atoms with Crippen LogP contribution >= 0.6 is 0 Å². The molecule has 1 atom stereocenters. The van der Waals surface area contributed by atoms with Gasteiger partial charge < -0.3 is 15.6 Å². The van der Waals surface area contributed by atoms with Crippen molar-refractivity contribution in [3.8, 4) is 5.69 Å². The van der Waals surface area contributed by atoms with Crippen LogP contribution in [-0.2, 0) is 6.42 Å². The molecule has 3 heterocycles. The van der Waals surface area contributed by atoms with Crippen molar-refractivity contribution in [3.05, 3.63) is 88.9 Å². The van der Waals surface area contributed by atoms with Crippen LogP contribution in [0.1, 0.15) is 43.6 Å². The molecule has 0 bridgehead atoms. The second-order valence-electron chi connectivity index (χ2n) is 9.15. The number of nitrogens with zero attached hydrogens (tertiary/aromatic N) is 4. The van der Waals surface area contributed by atoms with Gasteiger partial charge in [-0.1, -0.05) is 37.3 Å². The van der Waals surface area contributed by atoms with Crippen LogP contribution in [0.25, 0.3) is 27.6 Å². The van der Waals surface area contributed by atoms with Crippen LogP contribution in [0, 0.1) is 0 Å². The molecule has 0 spiro atoms. The topological polar surface area (TPSA) is 150 Å². The molecule has 200 valence electrons. The number of rotatable bonds is 10. The van der Waals surface area contributed by atoms with Gasteiger partial charge in [-0.3, -0.25) is 14.6 Å². The van der Waals surface area contributed by atoms with Crippen molar-refractivity contribution in [2.75, 3.05) is 11.9 Å². The van der Waals surface area contributed by atoms with Crippen molar-refractivity contribution >= 4 is 33.8 Å². The zero-order valence-electron chi connectivity index (χ0n) is 21.5. The minimum Gasteiger partial charge on any atom is -0.358 e. The molecule has 0 fully saturated rings. The number of anilines is 1. The van der Waals surface area contributed by atoms with E-state index in [4.69, 9.17) is 10.2 Å². The van der Waals surface area contributed by atoms with Crippen molar-refractivity contribution in [2.24, 2.45) is 0 Å². The molecular weight excluding hydrogens is 496 g/mol. The van der Waals surface area contributed by atoms with Gasteiger partial charge in [0.2, 0.25) is 0 Å². The van der Waals surface area contributed by atoms with Crippen LogP contribution in [0.3, 0.4) is 0 Å². The average molecular weight is 527 g/mol. The molecule has 5 rings (SSSR count). The molecule has 0 saturated heterocycles. The van der Waals surface area contributed by atoms with Crippen LogP contribution in [0.5, 0.6) is 0 Å². The highest BCUT2D eigenvalue weighted by Crippen LogP contribution is 2.27. The maximum absolute atomic E-state index is 14.2. The summed E-state index contributed by atoms with van der Waals surface area (Å²) < 4.78 is 1.69. The Labute approximate surface area is 224 Å². The first-order valence-corrected chi connectivity index (χ1v) is 12.9. The smallest absolute Gasteiger partial charge is 0.338 e. The van der Waals surface area contributed by atoms with E-state index in [1.807, 2.05) is 61.5 Å². The van der Waals surface area contributed by atoms with E-state index in [0.717, 1.165) is 28.7 Å². The molecule has 0 saturated carbocycles. The standard InChI is InChI=1S/C28H30N8O3/c1-2-20(33-25-24-22(14-16-29-25)31-17-32-24)26-34-21-13-8-10-18(9-6-7-15-30-28(38)35-39)23(21)27(37)36(26)19-11-4-3-5-12-19/h3-5,8,10-14,16-17,20,39H,2,6-7,9,15H2,1H3,(H,29,33)(H,31,32)(H2,30,35,38)/t20-/m0/s1. The van der Waals surface area contributed by atoms with E-state index in [-0.39, 0.29) is 11.6 Å². The van der Waals surface area contributed by atoms with Crippen molar-refractivity contribution in [2.45, 2.75) is 38.6 Å². The summed E-state index contributed by atoms with van der Waals surface area (Å²) >= 11 is 0. The van der Waals surface area contributed by atoms with Gasteiger partial charge in [0, 0.05) is 12.7 Å². The predicted octanol–water partition coefficient (Wildman–Crippen LogP) is 4.23. The molecular formula is C28H30N8O3. The lowest BCUT2D eigenvalue weighted by Gasteiger charge is -2.22. The fraction of sp³-hybridized carbons (Fsp3) is 0.250. The number of benzene rings is 2. The van der Waals surface area contributed by atoms with Crippen LogP contribution < -0.4 is 21.7 Å². The Hall–Kier alpha value is -4.77. The lowest BCUT2D eigenvalue weighted by Crippen LogP contribution is -2.33. The van der Waals surface area contributed by atoms with Crippen LogP contribution in [0.4, 0.5) is 10.6 Å². The molecule has 0 aliphatic heterocycles. The van der Waals surface area contributed by atoms with Gasteiger partial charge in [0.05, 0.1) is 34.5 Å². The van der Waals surface area contributed by atoms with Gasteiger partial charge in [0.25, 0.3) is 5.56 Å². The predicted molar refractivity (Wildman–Crippen MR) is 149 cm³/mol. The summed E-state index contributed by atoms with van der Waals surface area (Å²) in [6.45, 7) is 2.45. The highest BCUT2D eigenvalue weighted by atomic mass is 16.5. The number of carbonyl (C=O) groups is 1. The molecule has 0 aliphatic carbocycles. The van der Waals surface area contributed by atoms with Gasteiger partial charge in [0.15, 0.2) is 5.82 Å². The number of carbonyl (C=O) groups excluding carboxylic acids is 1. The Balaban J connectivity index is 1.55. The molecule has 2 aromatic carbocycles. The molecule has 0 aliphatic rings. The average Bonchev–Trinajstić information content (AvgIpc) is 3.46. The lowest BCUT2D eigenvalue weighted by molar-refractivity contribution is 0.161. The van der Waals surface area contributed by atoms with Gasteiger partial charge >= 0.3 is 6.03 Å². The van der Waals surface area contributed by atoms with Gasteiger partial charge in [-0.2, -0.15) is 0 Å². The fourth-order valence-corrected chi connectivity index (χ4v) is 4.75. The third-order valence-electron chi connectivity index (χ3n) is 6.65. The second kappa shape index (κ2) is 11.7. The SMILES string of the molecule is CC[C@H](Nc1nccc2[nH]cnc12)c1nc2cccc(CCCCNC(=O)NO)c2c(=O)n1-c1ccccc1. The first kappa shape index (κ1) is 25.9. The van der Waals surface area contributed by atoms with Crippen LogP contribution in [-0.4, -0.2) is 42.3 Å². The first-order valence-electron chi connectivity index (χ1n) is 12.9. The molecule has 3 aromatic heterocycles.